The Morgan fingerprint density at radius 1 is 1.14 bits per heavy atom. The van der Waals surface area contributed by atoms with Crippen LogP contribution in [0.2, 0.25) is 0 Å². The van der Waals surface area contributed by atoms with Gasteiger partial charge in [-0.15, -0.1) is 0 Å². The molecule has 2 aromatic carbocycles. The summed E-state index contributed by atoms with van der Waals surface area (Å²) in [7, 11) is 0. The Kier molecular flexibility index (Phi) is 4.03. The molecule has 0 fully saturated rings. The molecule has 2 aromatic rings. The molecule has 3 nitrogen and oxygen atoms in total. The largest absolute Gasteiger partial charge is 0.307 e. The summed E-state index contributed by atoms with van der Waals surface area (Å²) in [5.74, 6) is -0.336. The maximum atomic E-state index is 13.6. The first-order valence-electron chi connectivity index (χ1n) is 6.68. The van der Waals surface area contributed by atoms with Crippen LogP contribution < -0.4 is 10.2 Å². The molecular formula is C16H14BrFN2O. The van der Waals surface area contributed by atoms with Crippen LogP contribution in [0.4, 0.5) is 10.1 Å². The minimum absolute atomic E-state index is 0.0175. The second kappa shape index (κ2) is 5.95. The second-order valence-electron chi connectivity index (χ2n) is 4.93. The molecule has 1 aliphatic heterocycles. The third-order valence-electron chi connectivity index (χ3n) is 3.54. The molecule has 0 bridgehead atoms. The average Bonchev–Trinajstić information content (AvgIpc) is 2.64. The monoisotopic (exact) mass is 348 g/mol. The number of nitrogens with zero attached hydrogens (tertiary/aromatic N) is 1. The summed E-state index contributed by atoms with van der Waals surface area (Å²) in [6, 6.07) is 12.6. The summed E-state index contributed by atoms with van der Waals surface area (Å²) < 4.78 is 14.1. The fourth-order valence-corrected chi connectivity index (χ4v) is 2.86. The molecule has 0 spiro atoms. The van der Waals surface area contributed by atoms with E-state index < -0.39 is 0 Å². The van der Waals surface area contributed by atoms with Crippen LogP contribution in [0.15, 0.2) is 46.9 Å². The molecule has 1 heterocycles. The van der Waals surface area contributed by atoms with E-state index in [2.05, 4.69) is 21.2 Å². The Hall–Kier alpha value is -1.72. The van der Waals surface area contributed by atoms with Gasteiger partial charge in [0, 0.05) is 12.2 Å². The van der Waals surface area contributed by atoms with Crippen LogP contribution in [-0.2, 0) is 17.9 Å². The van der Waals surface area contributed by atoms with Gasteiger partial charge in [0.05, 0.1) is 17.6 Å². The van der Waals surface area contributed by atoms with Crippen molar-refractivity contribution >= 4 is 27.5 Å². The van der Waals surface area contributed by atoms with Gasteiger partial charge in [0.25, 0.3) is 0 Å². The minimum Gasteiger partial charge on any atom is -0.307 e. The van der Waals surface area contributed by atoms with E-state index >= 15 is 0 Å². The number of anilines is 1. The van der Waals surface area contributed by atoms with Crippen molar-refractivity contribution in [2.75, 3.05) is 11.4 Å². The number of carbonyl (C=O) groups excluding carboxylic acids is 1. The zero-order chi connectivity index (χ0) is 14.8. The van der Waals surface area contributed by atoms with Gasteiger partial charge in [-0.2, -0.15) is 0 Å². The summed E-state index contributed by atoms with van der Waals surface area (Å²) in [6.45, 7) is 1.28. The lowest BCUT2D eigenvalue weighted by Crippen LogP contribution is -2.35. The number of fused-ring (bicyclic) bond motifs is 1. The third-order valence-corrected chi connectivity index (χ3v) is 4.42. The molecule has 1 amide bonds. The number of amides is 1. The molecule has 0 aliphatic carbocycles. The predicted octanol–water partition coefficient (Wildman–Crippen LogP) is 3.22. The molecule has 0 radical (unpaired) electrons. The smallest absolute Gasteiger partial charge is 0.241 e. The summed E-state index contributed by atoms with van der Waals surface area (Å²) in [4.78, 5) is 14.0. The van der Waals surface area contributed by atoms with E-state index in [1.54, 1.807) is 11.0 Å². The molecule has 1 N–H and O–H groups in total. The number of halogens is 2. The predicted molar refractivity (Wildman–Crippen MR) is 83.4 cm³/mol. The first-order chi connectivity index (χ1) is 10.2. The van der Waals surface area contributed by atoms with E-state index in [0.717, 1.165) is 16.8 Å². The van der Waals surface area contributed by atoms with Gasteiger partial charge in [-0.3, -0.25) is 4.79 Å². The van der Waals surface area contributed by atoms with Gasteiger partial charge in [0.15, 0.2) is 0 Å². The van der Waals surface area contributed by atoms with Gasteiger partial charge in [0.1, 0.15) is 5.82 Å². The highest BCUT2D eigenvalue weighted by molar-refractivity contribution is 9.10. The van der Waals surface area contributed by atoms with Crippen molar-refractivity contribution in [2.45, 2.75) is 13.1 Å². The fourth-order valence-electron chi connectivity index (χ4n) is 2.47. The van der Waals surface area contributed by atoms with Crippen LogP contribution in [0.3, 0.4) is 0 Å². The van der Waals surface area contributed by atoms with E-state index in [1.165, 1.54) is 6.07 Å². The van der Waals surface area contributed by atoms with E-state index in [-0.39, 0.29) is 18.3 Å². The minimum atomic E-state index is -0.318. The lowest BCUT2D eigenvalue weighted by Gasteiger charge is -2.23. The standard InChI is InChI=1S/C16H14BrFN2O/c17-16-12(5-3-6-13(16)18)10-20-14-7-2-1-4-11(14)8-19-9-15(20)21/h1-7,19H,8-10H2. The molecular weight excluding hydrogens is 335 g/mol. The summed E-state index contributed by atoms with van der Waals surface area (Å²) >= 11 is 3.26. The molecule has 0 saturated heterocycles. The van der Waals surface area contributed by atoms with Crippen molar-refractivity contribution in [1.29, 1.82) is 0 Å². The van der Waals surface area contributed by atoms with Gasteiger partial charge in [-0.1, -0.05) is 30.3 Å². The highest BCUT2D eigenvalue weighted by atomic mass is 79.9. The maximum Gasteiger partial charge on any atom is 0.241 e. The van der Waals surface area contributed by atoms with Crippen LogP contribution in [-0.4, -0.2) is 12.5 Å². The van der Waals surface area contributed by atoms with Crippen LogP contribution in [0.5, 0.6) is 0 Å². The number of benzene rings is 2. The highest BCUT2D eigenvalue weighted by Gasteiger charge is 2.22. The number of para-hydroxylation sites is 1. The number of rotatable bonds is 2. The first-order valence-corrected chi connectivity index (χ1v) is 7.48. The van der Waals surface area contributed by atoms with Crippen molar-refractivity contribution in [2.24, 2.45) is 0 Å². The molecule has 0 saturated carbocycles. The van der Waals surface area contributed by atoms with Gasteiger partial charge in [-0.05, 0) is 39.2 Å². The fraction of sp³-hybridized carbons (Fsp3) is 0.188. The zero-order valence-electron chi connectivity index (χ0n) is 11.3. The number of carbonyl (C=O) groups is 1. The third kappa shape index (κ3) is 2.84. The van der Waals surface area contributed by atoms with E-state index in [0.29, 0.717) is 17.6 Å². The number of hydrogen-bond donors (Lipinski definition) is 1. The van der Waals surface area contributed by atoms with E-state index in [1.807, 2.05) is 30.3 Å². The number of hydrogen-bond acceptors (Lipinski definition) is 2. The highest BCUT2D eigenvalue weighted by Crippen LogP contribution is 2.27. The molecule has 108 valence electrons. The summed E-state index contributed by atoms with van der Waals surface area (Å²) in [5, 5.41) is 3.12. The second-order valence-corrected chi connectivity index (χ2v) is 5.72. The van der Waals surface area contributed by atoms with Crippen LogP contribution >= 0.6 is 15.9 Å². The SMILES string of the molecule is O=C1CNCc2ccccc2N1Cc1cccc(F)c1Br. The van der Waals surface area contributed by atoms with Gasteiger partial charge >= 0.3 is 0 Å². The lowest BCUT2D eigenvalue weighted by molar-refractivity contribution is -0.117. The quantitative estimate of drug-likeness (QED) is 0.903. The molecule has 0 atom stereocenters. The Labute approximate surface area is 130 Å². The molecule has 5 heteroatoms. The summed E-state index contributed by atoms with van der Waals surface area (Å²) in [6.07, 6.45) is 0. The van der Waals surface area contributed by atoms with Gasteiger partial charge in [-0.25, -0.2) is 4.39 Å². The maximum absolute atomic E-state index is 13.6. The van der Waals surface area contributed by atoms with Crippen LogP contribution in [0.1, 0.15) is 11.1 Å². The Bertz CT molecular complexity index is 690. The van der Waals surface area contributed by atoms with Crippen molar-refractivity contribution in [3.8, 4) is 0 Å². The average molecular weight is 349 g/mol. The van der Waals surface area contributed by atoms with Crippen molar-refractivity contribution in [1.82, 2.24) is 5.32 Å². The molecule has 0 aromatic heterocycles. The Morgan fingerprint density at radius 3 is 2.81 bits per heavy atom. The topological polar surface area (TPSA) is 32.3 Å². The summed E-state index contributed by atoms with van der Waals surface area (Å²) in [5.41, 5.74) is 2.69. The van der Waals surface area contributed by atoms with Crippen molar-refractivity contribution < 1.29 is 9.18 Å². The van der Waals surface area contributed by atoms with E-state index in [4.69, 9.17) is 0 Å². The zero-order valence-corrected chi connectivity index (χ0v) is 12.9. The van der Waals surface area contributed by atoms with Gasteiger partial charge in [0.2, 0.25) is 5.91 Å². The normalized spacial score (nSPS) is 14.8. The molecule has 0 unspecified atom stereocenters. The molecule has 3 rings (SSSR count). The van der Waals surface area contributed by atoms with Crippen molar-refractivity contribution in [3.05, 3.63) is 63.9 Å². The van der Waals surface area contributed by atoms with Gasteiger partial charge < -0.3 is 10.2 Å². The van der Waals surface area contributed by atoms with Crippen LogP contribution in [0, 0.1) is 5.82 Å². The Morgan fingerprint density at radius 2 is 1.95 bits per heavy atom. The molecule has 1 aliphatic rings. The van der Waals surface area contributed by atoms with Crippen LogP contribution in [0.25, 0.3) is 0 Å². The van der Waals surface area contributed by atoms with E-state index in [9.17, 15) is 9.18 Å². The molecule has 21 heavy (non-hydrogen) atoms. The van der Waals surface area contributed by atoms with Crippen molar-refractivity contribution in [3.63, 3.8) is 0 Å². The Balaban J connectivity index is 2.00. The lowest BCUT2D eigenvalue weighted by atomic mass is 10.1. The first kappa shape index (κ1) is 14.2. The number of nitrogens with one attached hydrogen (secondary N) is 1.